The summed E-state index contributed by atoms with van der Waals surface area (Å²) in [5.74, 6) is -0.983. The Morgan fingerprint density at radius 3 is 2.83 bits per heavy atom. The summed E-state index contributed by atoms with van der Waals surface area (Å²) in [6.45, 7) is 0.484. The van der Waals surface area contributed by atoms with E-state index in [1.54, 1.807) is 11.3 Å². The molecule has 1 aromatic carbocycles. The van der Waals surface area contributed by atoms with E-state index >= 15 is 0 Å². The first kappa shape index (κ1) is 13.0. The maximum atomic E-state index is 13.5. The van der Waals surface area contributed by atoms with Crippen molar-refractivity contribution >= 4 is 38.9 Å². The number of anilines is 1. The third kappa shape index (κ3) is 2.88. The lowest BCUT2D eigenvalue weighted by molar-refractivity contribution is 0.100. The van der Waals surface area contributed by atoms with Crippen LogP contribution in [-0.2, 0) is 6.54 Å². The normalized spacial score (nSPS) is 10.3. The zero-order valence-corrected chi connectivity index (χ0v) is 11.6. The molecule has 0 spiro atoms. The molecule has 0 radical (unpaired) electrons. The van der Waals surface area contributed by atoms with E-state index in [1.807, 2.05) is 11.4 Å². The monoisotopic (exact) mass is 328 g/mol. The van der Waals surface area contributed by atoms with Gasteiger partial charge in [0.25, 0.3) is 0 Å². The Bertz CT molecular complexity index is 585. The Labute approximate surface area is 116 Å². The highest BCUT2D eigenvalue weighted by molar-refractivity contribution is 9.10. The molecule has 2 rings (SSSR count). The molecule has 94 valence electrons. The topological polar surface area (TPSA) is 55.1 Å². The molecule has 0 fully saturated rings. The van der Waals surface area contributed by atoms with E-state index in [0.29, 0.717) is 6.54 Å². The van der Waals surface area contributed by atoms with Crippen molar-refractivity contribution in [2.75, 3.05) is 5.32 Å². The van der Waals surface area contributed by atoms with Crippen LogP contribution in [0.3, 0.4) is 0 Å². The van der Waals surface area contributed by atoms with Crippen molar-refractivity contribution in [3.05, 3.63) is 50.4 Å². The first-order valence-electron chi connectivity index (χ1n) is 5.13. The number of carbonyl (C=O) groups excluding carboxylic acids is 1. The zero-order valence-electron chi connectivity index (χ0n) is 9.24. The van der Waals surface area contributed by atoms with Gasteiger partial charge < -0.3 is 11.1 Å². The molecule has 1 heterocycles. The molecule has 0 aliphatic heterocycles. The van der Waals surface area contributed by atoms with Gasteiger partial charge >= 0.3 is 0 Å². The molecular formula is C12H10BrFN2OS. The second-order valence-electron chi connectivity index (χ2n) is 3.60. The van der Waals surface area contributed by atoms with Crippen LogP contribution in [0.1, 0.15) is 15.2 Å². The first-order chi connectivity index (χ1) is 8.58. The summed E-state index contributed by atoms with van der Waals surface area (Å²) in [6, 6.07) is 5.94. The number of amides is 1. The number of thiophene rings is 1. The lowest BCUT2D eigenvalue weighted by atomic mass is 10.2. The SMILES string of the molecule is NC(=O)c1ccc(F)c(NCc2sccc2Br)c1. The molecule has 2 aromatic rings. The van der Waals surface area contributed by atoms with Crippen LogP contribution in [0, 0.1) is 5.82 Å². The molecule has 0 unspecified atom stereocenters. The Morgan fingerprint density at radius 1 is 1.44 bits per heavy atom. The average molecular weight is 329 g/mol. The number of nitrogens with two attached hydrogens (primary N) is 1. The van der Waals surface area contributed by atoms with Crippen molar-refractivity contribution in [2.24, 2.45) is 5.73 Å². The molecule has 1 amide bonds. The van der Waals surface area contributed by atoms with Crippen LogP contribution in [0.25, 0.3) is 0 Å². The van der Waals surface area contributed by atoms with Gasteiger partial charge in [-0.15, -0.1) is 11.3 Å². The smallest absolute Gasteiger partial charge is 0.248 e. The number of carbonyl (C=O) groups is 1. The minimum atomic E-state index is -0.574. The van der Waals surface area contributed by atoms with Gasteiger partial charge in [-0.3, -0.25) is 4.79 Å². The average Bonchev–Trinajstić information content (AvgIpc) is 2.73. The number of rotatable bonds is 4. The van der Waals surface area contributed by atoms with Gasteiger partial charge in [0.15, 0.2) is 0 Å². The number of hydrogen-bond donors (Lipinski definition) is 2. The van der Waals surface area contributed by atoms with Gasteiger partial charge in [-0.25, -0.2) is 4.39 Å². The summed E-state index contributed by atoms with van der Waals surface area (Å²) in [5.41, 5.74) is 5.70. The third-order valence-corrected chi connectivity index (χ3v) is 4.31. The summed E-state index contributed by atoms with van der Waals surface area (Å²) >= 11 is 4.96. The van der Waals surface area contributed by atoms with E-state index in [2.05, 4.69) is 21.2 Å². The molecule has 0 bridgehead atoms. The van der Waals surface area contributed by atoms with Crippen LogP contribution in [-0.4, -0.2) is 5.91 Å². The van der Waals surface area contributed by atoms with E-state index in [0.717, 1.165) is 9.35 Å². The molecule has 3 nitrogen and oxygen atoms in total. The van der Waals surface area contributed by atoms with Crippen molar-refractivity contribution < 1.29 is 9.18 Å². The number of nitrogens with one attached hydrogen (secondary N) is 1. The minimum Gasteiger partial charge on any atom is -0.378 e. The lowest BCUT2D eigenvalue weighted by Gasteiger charge is -2.08. The van der Waals surface area contributed by atoms with Crippen molar-refractivity contribution in [1.29, 1.82) is 0 Å². The van der Waals surface area contributed by atoms with Gasteiger partial charge in [0.1, 0.15) is 5.82 Å². The Kier molecular flexibility index (Phi) is 3.98. The van der Waals surface area contributed by atoms with E-state index < -0.39 is 11.7 Å². The summed E-state index contributed by atoms with van der Waals surface area (Å²) in [7, 11) is 0. The lowest BCUT2D eigenvalue weighted by Crippen LogP contribution is -2.12. The van der Waals surface area contributed by atoms with Crippen LogP contribution < -0.4 is 11.1 Å². The maximum absolute atomic E-state index is 13.5. The van der Waals surface area contributed by atoms with Gasteiger partial charge in [-0.1, -0.05) is 0 Å². The fourth-order valence-corrected chi connectivity index (χ4v) is 2.87. The summed E-state index contributed by atoms with van der Waals surface area (Å²) in [4.78, 5) is 12.1. The second kappa shape index (κ2) is 5.49. The van der Waals surface area contributed by atoms with E-state index in [-0.39, 0.29) is 11.3 Å². The third-order valence-electron chi connectivity index (χ3n) is 2.38. The molecule has 0 saturated carbocycles. The van der Waals surface area contributed by atoms with Gasteiger partial charge in [0.05, 0.1) is 12.2 Å². The van der Waals surface area contributed by atoms with Crippen LogP contribution in [0.4, 0.5) is 10.1 Å². The molecule has 0 atom stereocenters. The second-order valence-corrected chi connectivity index (χ2v) is 5.46. The standard InChI is InChI=1S/C12H10BrFN2OS/c13-8-3-4-18-11(8)6-16-10-5-7(12(15)17)1-2-9(10)14/h1-5,16H,6H2,(H2,15,17). The van der Waals surface area contributed by atoms with E-state index in [4.69, 9.17) is 5.73 Å². The molecule has 0 aliphatic rings. The number of benzene rings is 1. The fourth-order valence-electron chi connectivity index (χ4n) is 1.44. The highest BCUT2D eigenvalue weighted by atomic mass is 79.9. The quantitative estimate of drug-likeness (QED) is 0.904. The minimum absolute atomic E-state index is 0.270. The van der Waals surface area contributed by atoms with Crippen molar-refractivity contribution in [3.8, 4) is 0 Å². The highest BCUT2D eigenvalue weighted by Crippen LogP contribution is 2.24. The Morgan fingerprint density at radius 2 is 2.22 bits per heavy atom. The summed E-state index contributed by atoms with van der Waals surface area (Å²) in [6.07, 6.45) is 0. The van der Waals surface area contributed by atoms with E-state index in [9.17, 15) is 9.18 Å². The molecule has 0 saturated heterocycles. The molecule has 3 N–H and O–H groups in total. The largest absolute Gasteiger partial charge is 0.378 e. The van der Waals surface area contributed by atoms with Crippen LogP contribution in [0.15, 0.2) is 34.1 Å². The molecular weight excluding hydrogens is 319 g/mol. The molecule has 6 heteroatoms. The summed E-state index contributed by atoms with van der Waals surface area (Å²) < 4.78 is 14.5. The Hall–Kier alpha value is -1.40. The van der Waals surface area contributed by atoms with Gasteiger partial charge in [0, 0.05) is 14.9 Å². The van der Waals surface area contributed by atoms with E-state index in [1.165, 1.54) is 18.2 Å². The van der Waals surface area contributed by atoms with Gasteiger partial charge in [-0.2, -0.15) is 0 Å². The van der Waals surface area contributed by atoms with Crippen LogP contribution in [0.5, 0.6) is 0 Å². The number of primary amides is 1. The Balaban J connectivity index is 2.16. The van der Waals surface area contributed by atoms with Gasteiger partial charge in [0.2, 0.25) is 5.91 Å². The maximum Gasteiger partial charge on any atom is 0.248 e. The zero-order chi connectivity index (χ0) is 13.1. The molecule has 18 heavy (non-hydrogen) atoms. The first-order valence-corrected chi connectivity index (χ1v) is 6.80. The number of hydrogen-bond acceptors (Lipinski definition) is 3. The van der Waals surface area contributed by atoms with Crippen molar-refractivity contribution in [1.82, 2.24) is 0 Å². The van der Waals surface area contributed by atoms with Gasteiger partial charge in [-0.05, 0) is 45.6 Å². The fraction of sp³-hybridized carbons (Fsp3) is 0.0833. The van der Waals surface area contributed by atoms with Crippen molar-refractivity contribution in [2.45, 2.75) is 6.54 Å². The predicted octanol–water partition coefficient (Wildman–Crippen LogP) is 3.36. The molecule has 0 aliphatic carbocycles. The number of halogens is 2. The van der Waals surface area contributed by atoms with Crippen molar-refractivity contribution in [3.63, 3.8) is 0 Å². The summed E-state index contributed by atoms with van der Waals surface area (Å²) in [5, 5.41) is 4.89. The highest BCUT2D eigenvalue weighted by Gasteiger charge is 2.08. The predicted molar refractivity (Wildman–Crippen MR) is 74.3 cm³/mol. The van der Waals surface area contributed by atoms with Crippen LogP contribution in [0.2, 0.25) is 0 Å². The van der Waals surface area contributed by atoms with Crippen LogP contribution >= 0.6 is 27.3 Å². The molecule has 1 aromatic heterocycles.